The highest BCUT2D eigenvalue weighted by Crippen LogP contribution is 2.29. The molecule has 0 radical (unpaired) electrons. The molecule has 4 amide bonds. The van der Waals surface area contributed by atoms with Crippen LogP contribution >= 0.6 is 0 Å². The van der Waals surface area contributed by atoms with Crippen molar-refractivity contribution >= 4 is 35.1 Å². The van der Waals surface area contributed by atoms with Gasteiger partial charge in [-0.25, -0.2) is 0 Å². The molecule has 0 saturated heterocycles. The molecule has 48 heavy (non-hydrogen) atoms. The molecule has 1 aliphatic heterocycles. The van der Waals surface area contributed by atoms with E-state index in [2.05, 4.69) is 37.8 Å². The average molecular weight is 660 g/mol. The first-order chi connectivity index (χ1) is 22.7. The van der Waals surface area contributed by atoms with Gasteiger partial charge in [0.1, 0.15) is 23.8 Å². The van der Waals surface area contributed by atoms with Gasteiger partial charge in [0.15, 0.2) is 0 Å². The number of Topliss-reactive ketones (excluding diaryl/α,β-unsaturated/α-hetero) is 1. The number of nitrogens with one attached hydrogen (secondary N) is 4. The molecule has 12 nitrogen and oxygen atoms in total. The second-order valence-electron chi connectivity index (χ2n) is 14.2. The predicted octanol–water partition coefficient (Wildman–Crippen LogP) is 2.68. The molecule has 258 valence electrons. The monoisotopic (exact) mass is 659 g/mol. The molecule has 1 aliphatic carbocycles. The van der Waals surface area contributed by atoms with E-state index in [9.17, 15) is 24.0 Å². The number of carbonyl (C=O) groups is 5. The molecule has 0 bridgehead atoms. The molecule has 4 rings (SSSR count). The van der Waals surface area contributed by atoms with Crippen LogP contribution in [0.5, 0.6) is 0 Å². The Kier molecular flexibility index (Phi) is 11.7. The van der Waals surface area contributed by atoms with E-state index in [4.69, 9.17) is 0 Å². The number of nitrogens with zero attached hydrogens (tertiary/aromatic N) is 3. The van der Waals surface area contributed by atoms with Gasteiger partial charge in [0.25, 0.3) is 5.91 Å². The first-order valence-electron chi connectivity index (χ1n) is 16.8. The van der Waals surface area contributed by atoms with Gasteiger partial charge in [-0.05, 0) is 41.7 Å². The molecule has 1 aromatic carbocycles. The third-order valence-corrected chi connectivity index (χ3v) is 8.73. The van der Waals surface area contributed by atoms with E-state index < -0.39 is 59.0 Å². The quantitative estimate of drug-likeness (QED) is 0.225. The van der Waals surface area contributed by atoms with Crippen LogP contribution < -0.4 is 21.3 Å². The van der Waals surface area contributed by atoms with E-state index in [1.165, 1.54) is 11.1 Å². The summed E-state index contributed by atoms with van der Waals surface area (Å²) in [6, 6.07) is 3.85. The molecule has 1 fully saturated rings. The van der Waals surface area contributed by atoms with E-state index >= 15 is 0 Å². The van der Waals surface area contributed by atoms with Crippen molar-refractivity contribution in [2.24, 2.45) is 11.3 Å². The van der Waals surface area contributed by atoms with Crippen LogP contribution in [0.15, 0.2) is 49.4 Å². The number of rotatable bonds is 14. The van der Waals surface area contributed by atoms with Crippen LogP contribution in [0.2, 0.25) is 0 Å². The molecular weight excluding hydrogens is 610 g/mol. The van der Waals surface area contributed by atoms with Crippen LogP contribution in [0, 0.1) is 11.3 Å². The SMILES string of the molecule is C=C(N[C@H](C(=O)N[C@H](C(=O)N1Cc2ccccc2C[C@H]1C(=O)N[C@@H](CCC)C(=O)C(=O)NC1CC1)C(C)(C)C)C(C)C)c1cnccn1. The number of benzene rings is 1. The van der Waals surface area contributed by atoms with Crippen molar-refractivity contribution in [3.8, 4) is 0 Å². The smallest absolute Gasteiger partial charge is 0.289 e. The second kappa shape index (κ2) is 15.5. The zero-order chi connectivity index (χ0) is 35.2. The number of hydrogen-bond donors (Lipinski definition) is 4. The number of fused-ring (bicyclic) bond motifs is 1. The number of hydrogen-bond acceptors (Lipinski definition) is 8. The maximum absolute atomic E-state index is 14.6. The Labute approximate surface area is 282 Å². The summed E-state index contributed by atoms with van der Waals surface area (Å²) >= 11 is 0. The van der Waals surface area contributed by atoms with Gasteiger partial charge in [-0.2, -0.15) is 0 Å². The molecule has 1 saturated carbocycles. The van der Waals surface area contributed by atoms with E-state index in [0.717, 1.165) is 24.0 Å². The summed E-state index contributed by atoms with van der Waals surface area (Å²) in [4.78, 5) is 78.0. The lowest BCUT2D eigenvalue weighted by atomic mass is 9.83. The molecule has 12 heteroatoms. The molecule has 2 heterocycles. The molecule has 2 aromatic rings. The molecule has 4 N–H and O–H groups in total. The minimum absolute atomic E-state index is 0.00232. The first-order valence-corrected chi connectivity index (χ1v) is 16.8. The van der Waals surface area contributed by atoms with Gasteiger partial charge in [-0.1, -0.05) is 78.8 Å². The van der Waals surface area contributed by atoms with Crippen molar-refractivity contribution in [1.82, 2.24) is 36.1 Å². The van der Waals surface area contributed by atoms with Gasteiger partial charge in [0.2, 0.25) is 23.5 Å². The van der Waals surface area contributed by atoms with Crippen molar-refractivity contribution in [1.29, 1.82) is 0 Å². The molecule has 4 atom stereocenters. The minimum atomic E-state index is -1.02. The molecule has 0 spiro atoms. The third-order valence-electron chi connectivity index (χ3n) is 8.73. The average Bonchev–Trinajstić information content (AvgIpc) is 3.88. The minimum Gasteiger partial charge on any atom is -0.372 e. The lowest BCUT2D eigenvalue weighted by molar-refractivity contribution is -0.148. The third kappa shape index (κ3) is 9.05. The Hall–Kier alpha value is -4.61. The zero-order valence-electron chi connectivity index (χ0n) is 28.8. The standard InChI is InChI=1S/C36H49N7O5/c1-8-11-26(30(44)34(47)40-25-14-15-25)41-32(45)28-18-23-12-9-10-13-24(23)20-43(28)35(48)31(36(5,6)7)42-33(46)29(21(2)3)39-22(4)27-19-37-16-17-38-27/h9-10,12-13,16-17,19,21,25-26,28-29,31,39H,4,8,11,14-15,18,20H2,1-3,5-7H3,(H,40,47)(H,41,45)(H,42,46)/t26-,28-,29-,31+/m0/s1. The van der Waals surface area contributed by atoms with E-state index in [-0.39, 0.29) is 31.3 Å². The summed E-state index contributed by atoms with van der Waals surface area (Å²) < 4.78 is 0. The topological polar surface area (TPSA) is 162 Å². The molecule has 1 aromatic heterocycles. The van der Waals surface area contributed by atoms with E-state index in [1.807, 2.05) is 65.8 Å². The van der Waals surface area contributed by atoms with Crippen LogP contribution in [-0.2, 0) is 36.9 Å². The van der Waals surface area contributed by atoms with Crippen molar-refractivity contribution in [3.63, 3.8) is 0 Å². The van der Waals surface area contributed by atoms with E-state index in [1.54, 1.807) is 12.4 Å². The summed E-state index contributed by atoms with van der Waals surface area (Å²) in [6.07, 6.45) is 7.35. The van der Waals surface area contributed by atoms with Crippen molar-refractivity contribution in [2.75, 3.05) is 0 Å². The zero-order valence-corrected chi connectivity index (χ0v) is 28.8. The Morgan fingerprint density at radius 2 is 1.69 bits per heavy atom. The fourth-order valence-electron chi connectivity index (χ4n) is 5.75. The van der Waals surface area contributed by atoms with Gasteiger partial charge in [-0.15, -0.1) is 0 Å². The predicted molar refractivity (Wildman–Crippen MR) is 182 cm³/mol. The molecule has 0 unspecified atom stereocenters. The second-order valence-corrected chi connectivity index (χ2v) is 14.2. The summed E-state index contributed by atoms with van der Waals surface area (Å²) in [7, 11) is 0. The Morgan fingerprint density at radius 1 is 1.00 bits per heavy atom. The van der Waals surface area contributed by atoms with Crippen LogP contribution in [-0.4, -0.2) is 74.5 Å². The Bertz CT molecular complexity index is 1520. The molecular formula is C36H49N7O5. The molecule has 2 aliphatic rings. The van der Waals surface area contributed by atoms with Gasteiger partial charge < -0.3 is 26.2 Å². The highest BCUT2D eigenvalue weighted by atomic mass is 16.2. The van der Waals surface area contributed by atoms with Crippen LogP contribution in [0.25, 0.3) is 5.70 Å². The van der Waals surface area contributed by atoms with Crippen LogP contribution in [0.4, 0.5) is 0 Å². The van der Waals surface area contributed by atoms with Crippen molar-refractivity contribution in [3.05, 3.63) is 66.3 Å². The lowest BCUT2D eigenvalue weighted by Gasteiger charge is -2.41. The number of carbonyl (C=O) groups excluding carboxylic acids is 5. The van der Waals surface area contributed by atoms with Crippen LogP contribution in [0.1, 0.15) is 84.0 Å². The van der Waals surface area contributed by atoms with E-state index in [0.29, 0.717) is 17.8 Å². The van der Waals surface area contributed by atoms with Crippen molar-refractivity contribution in [2.45, 2.75) is 110 Å². The first kappa shape index (κ1) is 36.2. The highest BCUT2D eigenvalue weighted by molar-refractivity contribution is 6.38. The normalized spacial score (nSPS) is 17.7. The number of aromatic nitrogens is 2. The summed E-state index contributed by atoms with van der Waals surface area (Å²) in [5.74, 6) is -2.93. The van der Waals surface area contributed by atoms with Gasteiger partial charge >= 0.3 is 0 Å². The largest absolute Gasteiger partial charge is 0.372 e. The number of amides is 4. The van der Waals surface area contributed by atoms with Gasteiger partial charge in [0.05, 0.1) is 17.9 Å². The fourth-order valence-corrected chi connectivity index (χ4v) is 5.75. The summed E-state index contributed by atoms with van der Waals surface area (Å²) in [5.41, 5.74) is 1.97. The maximum atomic E-state index is 14.6. The number of ketones is 1. The van der Waals surface area contributed by atoms with Gasteiger partial charge in [0, 0.05) is 31.4 Å². The van der Waals surface area contributed by atoms with Crippen LogP contribution in [0.3, 0.4) is 0 Å². The summed E-state index contributed by atoms with van der Waals surface area (Å²) in [5, 5.41) is 11.7. The fraction of sp³-hybridized carbons (Fsp3) is 0.528. The Morgan fingerprint density at radius 3 is 2.27 bits per heavy atom. The van der Waals surface area contributed by atoms with Gasteiger partial charge in [-0.3, -0.25) is 33.9 Å². The highest BCUT2D eigenvalue weighted by Gasteiger charge is 2.43. The lowest BCUT2D eigenvalue weighted by Crippen LogP contribution is -2.63. The van der Waals surface area contributed by atoms with Crippen molar-refractivity contribution < 1.29 is 24.0 Å². The maximum Gasteiger partial charge on any atom is 0.289 e. The summed E-state index contributed by atoms with van der Waals surface area (Å²) in [6.45, 7) is 15.4. The Balaban J connectivity index is 1.59.